The van der Waals surface area contributed by atoms with Gasteiger partial charge in [-0.05, 0) is 19.9 Å². The summed E-state index contributed by atoms with van der Waals surface area (Å²) in [6.07, 6.45) is 4.23. The molecule has 1 aliphatic heterocycles. The van der Waals surface area contributed by atoms with E-state index in [9.17, 15) is 14.4 Å². The van der Waals surface area contributed by atoms with Crippen LogP contribution < -0.4 is 16.4 Å². The maximum absolute atomic E-state index is 12.6. The van der Waals surface area contributed by atoms with Crippen LogP contribution in [0.2, 0.25) is 0 Å². The topological polar surface area (TPSA) is 117 Å². The van der Waals surface area contributed by atoms with Gasteiger partial charge in [-0.2, -0.15) is 0 Å². The molecule has 25 heavy (non-hydrogen) atoms. The molecule has 1 aromatic heterocycles. The van der Waals surface area contributed by atoms with E-state index < -0.39 is 11.8 Å². The molecule has 4 N–H and O–H groups in total. The van der Waals surface area contributed by atoms with Crippen LogP contribution in [0.15, 0.2) is 0 Å². The Morgan fingerprint density at radius 2 is 1.88 bits per heavy atom. The van der Waals surface area contributed by atoms with Crippen LogP contribution in [-0.2, 0) is 22.6 Å². The standard InChI is InChI=1S/C16H23N5O3S/c1-21-7-6-11-12(8-21)25-16(20-11)15(24)19-10-5-3-2-4-9(10)18-14(23)13(17)22/h9-10H,2-8H2,1H3,(H2,17,22)(H,18,23)(H,19,24)/t9-,10+/m0/s1. The van der Waals surface area contributed by atoms with Gasteiger partial charge in [-0.15, -0.1) is 11.3 Å². The summed E-state index contributed by atoms with van der Waals surface area (Å²) >= 11 is 1.43. The Morgan fingerprint density at radius 3 is 2.56 bits per heavy atom. The SMILES string of the molecule is CN1CCc2nc(C(=O)N[C@@H]3CCCC[C@@H]3NC(=O)C(N)=O)sc2C1. The quantitative estimate of drug-likeness (QED) is 0.640. The Bertz CT molecular complexity index is 689. The molecule has 1 fully saturated rings. The molecule has 9 heteroatoms. The highest BCUT2D eigenvalue weighted by Gasteiger charge is 2.30. The minimum Gasteiger partial charge on any atom is -0.361 e. The van der Waals surface area contributed by atoms with Gasteiger partial charge in [0.15, 0.2) is 5.01 Å². The third-order valence-electron chi connectivity index (χ3n) is 4.74. The summed E-state index contributed by atoms with van der Waals surface area (Å²) < 4.78 is 0. The molecular weight excluding hydrogens is 342 g/mol. The van der Waals surface area contributed by atoms with Crippen LogP contribution in [0.3, 0.4) is 0 Å². The molecule has 2 atom stereocenters. The predicted molar refractivity (Wildman–Crippen MR) is 93.0 cm³/mol. The molecule has 0 saturated heterocycles. The molecule has 3 rings (SSSR count). The number of nitrogens with one attached hydrogen (secondary N) is 2. The van der Waals surface area contributed by atoms with Gasteiger partial charge >= 0.3 is 11.8 Å². The Kier molecular flexibility index (Phi) is 5.33. The number of primary amides is 1. The molecule has 136 valence electrons. The molecule has 1 aromatic rings. The van der Waals surface area contributed by atoms with Crippen LogP contribution in [0, 0.1) is 0 Å². The van der Waals surface area contributed by atoms with Gasteiger partial charge < -0.3 is 21.3 Å². The van der Waals surface area contributed by atoms with E-state index in [0.29, 0.717) is 11.4 Å². The molecule has 2 heterocycles. The van der Waals surface area contributed by atoms with Gasteiger partial charge in [-0.3, -0.25) is 14.4 Å². The number of amides is 3. The van der Waals surface area contributed by atoms with Crippen molar-refractivity contribution < 1.29 is 14.4 Å². The van der Waals surface area contributed by atoms with E-state index in [-0.39, 0.29) is 18.0 Å². The molecule has 0 radical (unpaired) electrons. The zero-order valence-electron chi connectivity index (χ0n) is 14.2. The lowest BCUT2D eigenvalue weighted by molar-refractivity contribution is -0.138. The Labute approximate surface area is 150 Å². The number of fused-ring (bicyclic) bond motifs is 1. The molecule has 0 spiro atoms. The van der Waals surface area contributed by atoms with E-state index >= 15 is 0 Å². The smallest absolute Gasteiger partial charge is 0.309 e. The Balaban J connectivity index is 1.66. The number of likely N-dealkylation sites (N-methyl/N-ethyl adjacent to an activating group) is 1. The number of hydrogen-bond donors (Lipinski definition) is 3. The van der Waals surface area contributed by atoms with Crippen molar-refractivity contribution in [1.29, 1.82) is 0 Å². The molecule has 0 unspecified atom stereocenters. The van der Waals surface area contributed by atoms with Crippen LogP contribution in [0.5, 0.6) is 0 Å². The van der Waals surface area contributed by atoms with Crippen LogP contribution in [0.25, 0.3) is 0 Å². The van der Waals surface area contributed by atoms with Crippen molar-refractivity contribution in [3.8, 4) is 0 Å². The van der Waals surface area contributed by atoms with Gasteiger partial charge in [0.25, 0.3) is 5.91 Å². The Hall–Kier alpha value is -2.00. The van der Waals surface area contributed by atoms with Gasteiger partial charge in [0, 0.05) is 36.5 Å². The second kappa shape index (κ2) is 7.49. The van der Waals surface area contributed by atoms with E-state index in [0.717, 1.165) is 49.3 Å². The molecule has 1 aliphatic carbocycles. The lowest BCUT2D eigenvalue weighted by Crippen LogP contribution is -2.55. The zero-order valence-corrected chi connectivity index (χ0v) is 15.0. The summed E-state index contributed by atoms with van der Waals surface area (Å²) in [5.74, 6) is -2.03. The van der Waals surface area contributed by atoms with Crippen molar-refractivity contribution in [2.75, 3.05) is 13.6 Å². The molecule has 0 bridgehead atoms. The fourth-order valence-corrected chi connectivity index (χ4v) is 4.46. The van der Waals surface area contributed by atoms with Crippen LogP contribution in [0.4, 0.5) is 0 Å². The number of nitrogens with two attached hydrogens (primary N) is 1. The van der Waals surface area contributed by atoms with E-state index in [2.05, 4.69) is 27.6 Å². The zero-order chi connectivity index (χ0) is 18.0. The second-order valence-corrected chi connectivity index (χ2v) is 7.77. The minimum atomic E-state index is -1.01. The van der Waals surface area contributed by atoms with E-state index in [1.165, 1.54) is 11.3 Å². The summed E-state index contributed by atoms with van der Waals surface area (Å²) in [6, 6.07) is -0.494. The average Bonchev–Trinajstić information content (AvgIpc) is 2.99. The first kappa shape index (κ1) is 17.8. The molecule has 8 nitrogen and oxygen atoms in total. The predicted octanol–water partition coefficient (Wildman–Crippen LogP) is -0.226. The highest BCUT2D eigenvalue weighted by Crippen LogP contribution is 2.25. The third-order valence-corrected chi connectivity index (χ3v) is 5.82. The first-order valence-corrected chi connectivity index (χ1v) is 9.34. The van der Waals surface area contributed by atoms with Crippen LogP contribution in [-0.4, -0.2) is 53.3 Å². The van der Waals surface area contributed by atoms with Gasteiger partial charge in [-0.1, -0.05) is 12.8 Å². The fraction of sp³-hybridized carbons (Fsp3) is 0.625. The first-order chi connectivity index (χ1) is 11.9. The molecule has 2 aliphatic rings. The number of nitrogens with zero attached hydrogens (tertiary/aromatic N) is 2. The van der Waals surface area contributed by atoms with E-state index in [1.54, 1.807) is 0 Å². The molecular formula is C16H23N5O3S. The minimum absolute atomic E-state index is 0.215. The van der Waals surface area contributed by atoms with Crippen molar-refractivity contribution in [3.63, 3.8) is 0 Å². The van der Waals surface area contributed by atoms with E-state index in [4.69, 9.17) is 5.73 Å². The lowest BCUT2D eigenvalue weighted by atomic mass is 9.90. The molecule has 0 aromatic carbocycles. The largest absolute Gasteiger partial charge is 0.361 e. The summed E-state index contributed by atoms with van der Waals surface area (Å²) in [7, 11) is 2.05. The molecule has 1 saturated carbocycles. The number of hydrogen-bond acceptors (Lipinski definition) is 6. The Morgan fingerprint density at radius 1 is 1.20 bits per heavy atom. The second-order valence-electron chi connectivity index (χ2n) is 6.69. The van der Waals surface area contributed by atoms with Crippen LogP contribution in [0.1, 0.15) is 46.1 Å². The highest BCUT2D eigenvalue weighted by atomic mass is 32.1. The summed E-state index contributed by atoms with van der Waals surface area (Å²) in [6.45, 7) is 1.77. The van der Waals surface area contributed by atoms with Crippen molar-refractivity contribution in [3.05, 3.63) is 15.6 Å². The first-order valence-electron chi connectivity index (χ1n) is 8.52. The van der Waals surface area contributed by atoms with Gasteiger partial charge in [0.1, 0.15) is 0 Å². The summed E-state index contributed by atoms with van der Waals surface area (Å²) in [4.78, 5) is 43.0. The maximum Gasteiger partial charge on any atom is 0.309 e. The summed E-state index contributed by atoms with van der Waals surface area (Å²) in [5.41, 5.74) is 6.02. The van der Waals surface area contributed by atoms with Gasteiger partial charge in [-0.25, -0.2) is 4.98 Å². The highest BCUT2D eigenvalue weighted by molar-refractivity contribution is 7.13. The van der Waals surface area contributed by atoms with Crippen molar-refractivity contribution in [1.82, 2.24) is 20.5 Å². The van der Waals surface area contributed by atoms with Crippen molar-refractivity contribution in [2.45, 2.75) is 50.7 Å². The molecule has 3 amide bonds. The number of carbonyl (C=O) groups is 3. The monoisotopic (exact) mass is 365 g/mol. The fourth-order valence-electron chi connectivity index (χ4n) is 3.37. The van der Waals surface area contributed by atoms with E-state index in [1.807, 2.05) is 0 Å². The number of thiazole rings is 1. The summed E-state index contributed by atoms with van der Waals surface area (Å²) in [5, 5.41) is 6.07. The van der Waals surface area contributed by atoms with Crippen molar-refractivity contribution in [2.24, 2.45) is 5.73 Å². The number of rotatable bonds is 3. The number of aromatic nitrogens is 1. The van der Waals surface area contributed by atoms with Gasteiger partial charge in [0.2, 0.25) is 0 Å². The van der Waals surface area contributed by atoms with Crippen molar-refractivity contribution >= 4 is 29.1 Å². The van der Waals surface area contributed by atoms with Gasteiger partial charge in [0.05, 0.1) is 5.69 Å². The third kappa shape index (κ3) is 4.16. The number of carbonyl (C=O) groups excluding carboxylic acids is 3. The lowest BCUT2D eigenvalue weighted by Gasteiger charge is -2.32. The van der Waals surface area contributed by atoms with Crippen LogP contribution >= 0.6 is 11.3 Å². The average molecular weight is 365 g/mol. The normalized spacial score (nSPS) is 23.6. The maximum atomic E-state index is 12.6.